The first kappa shape index (κ1) is 18.1. The molecule has 1 aromatic carbocycles. The fraction of sp³-hybridized carbons (Fsp3) is 0.529. The lowest BCUT2D eigenvalue weighted by Gasteiger charge is -2.43. The Morgan fingerprint density at radius 2 is 1.88 bits per heavy atom. The molecule has 2 rings (SSSR count). The number of hydrazine groups is 1. The van der Waals surface area contributed by atoms with Crippen LogP contribution in [0.1, 0.15) is 39.2 Å². The van der Waals surface area contributed by atoms with Crippen molar-refractivity contribution >= 4 is 12.2 Å². The van der Waals surface area contributed by atoms with Crippen molar-refractivity contribution in [2.24, 2.45) is 0 Å². The molecule has 0 atom stereocenters. The lowest BCUT2D eigenvalue weighted by molar-refractivity contribution is 0.0254. The van der Waals surface area contributed by atoms with Crippen LogP contribution in [0.4, 0.5) is 9.59 Å². The minimum atomic E-state index is -1.01. The number of rotatable bonds is 5. The Balaban J connectivity index is 1.73. The number of carbonyl (C=O) groups is 2. The van der Waals surface area contributed by atoms with Crippen molar-refractivity contribution in [3.8, 4) is 0 Å². The maximum Gasteiger partial charge on any atom is 0.422 e. The van der Waals surface area contributed by atoms with E-state index in [9.17, 15) is 14.7 Å². The Morgan fingerprint density at radius 3 is 2.42 bits per heavy atom. The molecule has 3 N–H and O–H groups in total. The highest BCUT2D eigenvalue weighted by Crippen LogP contribution is 2.26. The summed E-state index contributed by atoms with van der Waals surface area (Å²) < 4.78 is 5.16. The Hall–Kier alpha value is -2.28. The van der Waals surface area contributed by atoms with Crippen LogP contribution in [0.2, 0.25) is 0 Å². The highest BCUT2D eigenvalue weighted by Gasteiger charge is 2.38. The summed E-state index contributed by atoms with van der Waals surface area (Å²) >= 11 is 0. The third-order valence-corrected chi connectivity index (χ3v) is 3.68. The molecular formula is C17H25N3O4. The SMILES string of the molecule is CC(C)(C)NN(C(=O)O)[C@H]1C[C@H](NC(=O)OCc2ccccc2)C1. The van der Waals surface area contributed by atoms with Gasteiger partial charge in [-0.3, -0.25) is 0 Å². The molecule has 2 amide bonds. The standard InChI is InChI=1S/C17H25N3O4/c1-17(2,3)19-20(16(22)23)14-9-13(10-14)18-15(21)24-11-12-7-5-4-6-8-12/h4-8,13-14,19H,9-11H2,1-3H3,(H,18,21)(H,22,23)/t13-,14-. The number of ether oxygens (including phenoxy) is 1. The summed E-state index contributed by atoms with van der Waals surface area (Å²) in [7, 11) is 0. The Bertz CT molecular complexity index is 565. The fourth-order valence-electron chi connectivity index (χ4n) is 2.50. The van der Waals surface area contributed by atoms with Crippen molar-refractivity contribution < 1.29 is 19.4 Å². The molecule has 1 saturated carbocycles. The zero-order chi connectivity index (χ0) is 17.7. The van der Waals surface area contributed by atoms with E-state index in [4.69, 9.17) is 4.74 Å². The van der Waals surface area contributed by atoms with Crippen molar-refractivity contribution in [3.05, 3.63) is 35.9 Å². The summed E-state index contributed by atoms with van der Waals surface area (Å²) in [6, 6.07) is 9.22. The molecule has 0 heterocycles. The molecule has 1 fully saturated rings. The fourth-order valence-corrected chi connectivity index (χ4v) is 2.50. The van der Waals surface area contributed by atoms with Crippen LogP contribution in [0.25, 0.3) is 0 Å². The van der Waals surface area contributed by atoms with E-state index in [0.29, 0.717) is 12.8 Å². The maximum atomic E-state index is 11.8. The van der Waals surface area contributed by atoms with Crippen molar-refractivity contribution in [2.45, 2.75) is 57.8 Å². The molecule has 1 aliphatic carbocycles. The van der Waals surface area contributed by atoms with E-state index in [2.05, 4.69) is 10.7 Å². The van der Waals surface area contributed by atoms with Crippen LogP contribution in [-0.4, -0.2) is 39.9 Å². The van der Waals surface area contributed by atoms with Gasteiger partial charge >= 0.3 is 12.2 Å². The van der Waals surface area contributed by atoms with Gasteiger partial charge in [0.05, 0.1) is 6.04 Å². The van der Waals surface area contributed by atoms with E-state index in [1.807, 2.05) is 51.1 Å². The molecule has 0 radical (unpaired) electrons. The van der Waals surface area contributed by atoms with Gasteiger partial charge < -0.3 is 15.2 Å². The van der Waals surface area contributed by atoms with Crippen LogP contribution in [0.15, 0.2) is 30.3 Å². The lowest BCUT2D eigenvalue weighted by Crippen LogP contribution is -2.62. The van der Waals surface area contributed by atoms with Crippen molar-refractivity contribution in [3.63, 3.8) is 0 Å². The number of nitrogens with zero attached hydrogens (tertiary/aromatic N) is 1. The molecule has 1 aliphatic rings. The molecular weight excluding hydrogens is 310 g/mol. The molecule has 1 aromatic rings. The largest absolute Gasteiger partial charge is 0.464 e. The highest BCUT2D eigenvalue weighted by atomic mass is 16.5. The second-order valence-electron chi connectivity index (χ2n) is 7.04. The molecule has 24 heavy (non-hydrogen) atoms. The van der Waals surface area contributed by atoms with Gasteiger partial charge in [-0.2, -0.15) is 0 Å². The van der Waals surface area contributed by atoms with Crippen LogP contribution >= 0.6 is 0 Å². The molecule has 132 valence electrons. The first-order valence-electron chi connectivity index (χ1n) is 8.02. The minimum Gasteiger partial charge on any atom is -0.464 e. The number of carboxylic acid groups (broad SMARTS) is 1. The van der Waals surface area contributed by atoms with Crippen molar-refractivity contribution in [1.82, 2.24) is 15.8 Å². The van der Waals surface area contributed by atoms with Crippen LogP contribution in [-0.2, 0) is 11.3 Å². The first-order chi connectivity index (χ1) is 11.2. The molecule has 0 saturated heterocycles. The predicted molar refractivity (Wildman–Crippen MR) is 89.3 cm³/mol. The molecule has 7 heteroatoms. The van der Waals surface area contributed by atoms with E-state index in [1.165, 1.54) is 5.01 Å². The number of carbonyl (C=O) groups excluding carboxylic acids is 1. The maximum absolute atomic E-state index is 11.8. The predicted octanol–water partition coefficient (Wildman–Crippen LogP) is 2.73. The van der Waals surface area contributed by atoms with Gasteiger partial charge in [0.25, 0.3) is 0 Å². The van der Waals surface area contributed by atoms with Gasteiger partial charge in [0, 0.05) is 11.6 Å². The summed E-state index contributed by atoms with van der Waals surface area (Å²) in [4.78, 5) is 23.1. The molecule has 0 unspecified atom stereocenters. The topological polar surface area (TPSA) is 90.9 Å². The quantitative estimate of drug-likeness (QED) is 0.720. The summed E-state index contributed by atoms with van der Waals surface area (Å²) in [5, 5.41) is 13.3. The smallest absolute Gasteiger partial charge is 0.422 e. The van der Waals surface area contributed by atoms with E-state index in [1.54, 1.807) is 0 Å². The average molecular weight is 335 g/mol. The van der Waals surface area contributed by atoms with Gasteiger partial charge in [0.1, 0.15) is 6.61 Å². The second kappa shape index (κ2) is 7.53. The molecule has 0 aromatic heterocycles. The number of alkyl carbamates (subject to hydrolysis) is 1. The van der Waals surface area contributed by atoms with E-state index in [0.717, 1.165) is 5.56 Å². The molecule has 0 aliphatic heterocycles. The van der Waals surface area contributed by atoms with Gasteiger partial charge in [-0.1, -0.05) is 30.3 Å². The Kier molecular flexibility index (Phi) is 5.66. The average Bonchev–Trinajstić information content (AvgIpc) is 2.46. The number of amides is 2. The first-order valence-corrected chi connectivity index (χ1v) is 8.02. The second-order valence-corrected chi connectivity index (χ2v) is 7.04. The monoisotopic (exact) mass is 335 g/mol. The third-order valence-electron chi connectivity index (χ3n) is 3.68. The van der Waals surface area contributed by atoms with Gasteiger partial charge in [0.2, 0.25) is 0 Å². The van der Waals surface area contributed by atoms with Crippen LogP contribution in [0.5, 0.6) is 0 Å². The summed E-state index contributed by atoms with van der Waals surface area (Å²) in [5.74, 6) is 0. The van der Waals surface area contributed by atoms with E-state index < -0.39 is 12.2 Å². The number of benzene rings is 1. The number of nitrogens with one attached hydrogen (secondary N) is 2. The lowest BCUT2D eigenvalue weighted by atomic mass is 9.86. The van der Waals surface area contributed by atoms with E-state index in [-0.39, 0.29) is 24.2 Å². The van der Waals surface area contributed by atoms with E-state index >= 15 is 0 Å². The molecule has 0 spiro atoms. The Morgan fingerprint density at radius 1 is 1.25 bits per heavy atom. The van der Waals surface area contributed by atoms with Crippen molar-refractivity contribution in [2.75, 3.05) is 0 Å². The van der Waals surface area contributed by atoms with Gasteiger partial charge in [-0.15, -0.1) is 0 Å². The van der Waals surface area contributed by atoms with Crippen LogP contribution in [0.3, 0.4) is 0 Å². The number of hydrogen-bond acceptors (Lipinski definition) is 4. The zero-order valence-electron chi connectivity index (χ0n) is 14.3. The van der Waals surface area contributed by atoms with Crippen LogP contribution < -0.4 is 10.7 Å². The van der Waals surface area contributed by atoms with Gasteiger partial charge in [0.15, 0.2) is 0 Å². The number of hydrogen-bond donors (Lipinski definition) is 3. The third kappa shape index (κ3) is 5.42. The van der Waals surface area contributed by atoms with Crippen molar-refractivity contribution in [1.29, 1.82) is 0 Å². The highest BCUT2D eigenvalue weighted by molar-refractivity contribution is 5.68. The van der Waals surface area contributed by atoms with Gasteiger partial charge in [-0.05, 0) is 39.2 Å². The normalized spacial score (nSPS) is 20.0. The summed E-state index contributed by atoms with van der Waals surface area (Å²) in [5.41, 5.74) is 3.55. The van der Waals surface area contributed by atoms with Crippen LogP contribution in [0, 0.1) is 0 Å². The molecule has 7 nitrogen and oxygen atoms in total. The molecule has 0 bridgehead atoms. The summed E-state index contributed by atoms with van der Waals surface area (Å²) in [6.45, 7) is 5.92. The summed E-state index contributed by atoms with van der Waals surface area (Å²) in [6.07, 6.45) is -0.362. The van der Waals surface area contributed by atoms with Gasteiger partial charge in [-0.25, -0.2) is 20.0 Å². The minimum absolute atomic E-state index is 0.0677. The zero-order valence-corrected chi connectivity index (χ0v) is 14.3. The Labute approximate surface area is 142 Å².